The number of para-hydroxylation sites is 1. The molecule has 2 aromatic carbocycles. The molecule has 1 aliphatic rings. The molecule has 0 atom stereocenters. The van der Waals surface area contributed by atoms with E-state index in [4.69, 9.17) is 9.47 Å². The number of amides is 1. The number of hydrogen-bond acceptors (Lipinski definition) is 5. The highest BCUT2D eigenvalue weighted by atomic mass is 32.2. The lowest BCUT2D eigenvalue weighted by Crippen LogP contribution is -2.40. The summed E-state index contributed by atoms with van der Waals surface area (Å²) in [4.78, 5) is 12.3. The predicted octanol–water partition coefficient (Wildman–Crippen LogP) is 2.03. The number of ether oxygens (including phenoxy) is 2. The first kappa shape index (κ1) is 19.3. The Morgan fingerprint density at radius 3 is 2.63 bits per heavy atom. The Balaban J connectivity index is 1.65. The van der Waals surface area contributed by atoms with Gasteiger partial charge in [0.25, 0.3) is 5.91 Å². The fourth-order valence-corrected chi connectivity index (χ4v) is 4.18. The van der Waals surface area contributed by atoms with Gasteiger partial charge in [0.05, 0.1) is 18.1 Å². The van der Waals surface area contributed by atoms with Crippen LogP contribution in [0.1, 0.15) is 5.56 Å². The molecule has 0 unspecified atom stereocenters. The minimum atomic E-state index is -3.61. The summed E-state index contributed by atoms with van der Waals surface area (Å²) in [5.41, 5.74) is 1.34. The number of sulfonamides is 1. The summed E-state index contributed by atoms with van der Waals surface area (Å²) in [6.45, 7) is 3.14. The molecule has 144 valence electrons. The fraction of sp³-hybridized carbons (Fsp3) is 0.316. The van der Waals surface area contributed by atoms with E-state index in [-0.39, 0.29) is 17.4 Å². The molecule has 3 rings (SSSR count). The van der Waals surface area contributed by atoms with E-state index in [1.807, 2.05) is 25.1 Å². The zero-order valence-electron chi connectivity index (χ0n) is 15.1. The van der Waals surface area contributed by atoms with Gasteiger partial charge >= 0.3 is 0 Å². The van der Waals surface area contributed by atoms with E-state index in [1.54, 1.807) is 18.2 Å². The fourth-order valence-electron chi connectivity index (χ4n) is 2.73. The summed E-state index contributed by atoms with van der Waals surface area (Å²) in [6, 6.07) is 13.6. The van der Waals surface area contributed by atoms with Crippen LogP contribution in [0.3, 0.4) is 0 Å². The normalized spacial score (nSPS) is 15.3. The number of benzene rings is 2. The first-order valence-electron chi connectivity index (χ1n) is 8.63. The van der Waals surface area contributed by atoms with Crippen molar-refractivity contribution in [3.63, 3.8) is 0 Å². The van der Waals surface area contributed by atoms with Gasteiger partial charge < -0.3 is 14.8 Å². The Morgan fingerprint density at radius 1 is 1.15 bits per heavy atom. The van der Waals surface area contributed by atoms with Crippen molar-refractivity contribution in [3.8, 4) is 5.75 Å². The molecule has 27 heavy (non-hydrogen) atoms. The smallest absolute Gasteiger partial charge is 0.262 e. The average Bonchev–Trinajstić information content (AvgIpc) is 2.68. The van der Waals surface area contributed by atoms with Gasteiger partial charge in [-0.25, -0.2) is 8.42 Å². The Kier molecular flexibility index (Phi) is 6.10. The molecule has 0 spiro atoms. The first-order valence-corrected chi connectivity index (χ1v) is 10.1. The van der Waals surface area contributed by atoms with E-state index in [9.17, 15) is 13.2 Å². The van der Waals surface area contributed by atoms with Crippen LogP contribution in [-0.4, -0.2) is 51.5 Å². The van der Waals surface area contributed by atoms with Gasteiger partial charge in [-0.05, 0) is 36.8 Å². The van der Waals surface area contributed by atoms with Crippen molar-refractivity contribution in [2.45, 2.75) is 11.8 Å². The molecule has 1 amide bonds. The maximum absolute atomic E-state index is 12.7. The Hall–Kier alpha value is -2.42. The van der Waals surface area contributed by atoms with Gasteiger partial charge in [0.2, 0.25) is 10.0 Å². The van der Waals surface area contributed by atoms with Crippen LogP contribution in [0, 0.1) is 6.92 Å². The maximum atomic E-state index is 12.7. The zero-order valence-corrected chi connectivity index (χ0v) is 15.9. The summed E-state index contributed by atoms with van der Waals surface area (Å²) >= 11 is 0. The second-order valence-electron chi connectivity index (χ2n) is 6.15. The summed E-state index contributed by atoms with van der Waals surface area (Å²) in [6.07, 6.45) is 0. The van der Waals surface area contributed by atoms with Gasteiger partial charge in [-0.2, -0.15) is 4.31 Å². The monoisotopic (exact) mass is 390 g/mol. The number of anilines is 1. The third kappa shape index (κ3) is 4.85. The molecule has 8 heteroatoms. The van der Waals surface area contributed by atoms with Crippen molar-refractivity contribution in [2.24, 2.45) is 0 Å². The van der Waals surface area contributed by atoms with Crippen molar-refractivity contribution in [2.75, 3.05) is 38.2 Å². The third-order valence-electron chi connectivity index (χ3n) is 4.18. The number of hydrogen-bond donors (Lipinski definition) is 1. The highest BCUT2D eigenvalue weighted by Gasteiger charge is 2.26. The molecule has 0 bridgehead atoms. The minimum Gasteiger partial charge on any atom is -0.483 e. The SMILES string of the molecule is Cc1ccccc1OCC(=O)Nc1cccc(S(=O)(=O)N2CCOCC2)c1. The molecule has 0 aromatic heterocycles. The molecule has 0 aliphatic carbocycles. The second kappa shape index (κ2) is 8.51. The third-order valence-corrected chi connectivity index (χ3v) is 6.07. The number of aryl methyl sites for hydroxylation is 1. The van der Waals surface area contributed by atoms with Crippen molar-refractivity contribution in [1.82, 2.24) is 4.31 Å². The molecule has 0 radical (unpaired) electrons. The van der Waals surface area contributed by atoms with Crippen LogP contribution in [0.15, 0.2) is 53.4 Å². The molecule has 1 N–H and O–H groups in total. The molecule has 0 saturated carbocycles. The molecule has 7 nitrogen and oxygen atoms in total. The van der Waals surface area contributed by atoms with E-state index in [0.29, 0.717) is 37.7 Å². The minimum absolute atomic E-state index is 0.141. The van der Waals surface area contributed by atoms with Crippen molar-refractivity contribution in [3.05, 3.63) is 54.1 Å². The molecular weight excluding hydrogens is 368 g/mol. The number of carbonyl (C=O) groups excluding carboxylic acids is 1. The molecule has 1 heterocycles. The van der Waals surface area contributed by atoms with E-state index in [1.165, 1.54) is 16.4 Å². The van der Waals surface area contributed by atoms with E-state index >= 15 is 0 Å². The van der Waals surface area contributed by atoms with Crippen LogP contribution in [0.2, 0.25) is 0 Å². The number of carbonyl (C=O) groups is 1. The number of rotatable bonds is 6. The van der Waals surface area contributed by atoms with Crippen molar-refractivity contribution < 1.29 is 22.7 Å². The summed E-state index contributed by atoms with van der Waals surface area (Å²) < 4.78 is 37.5. The summed E-state index contributed by atoms with van der Waals surface area (Å²) in [7, 11) is -3.61. The largest absolute Gasteiger partial charge is 0.483 e. The van der Waals surface area contributed by atoms with E-state index in [2.05, 4.69) is 5.32 Å². The Labute approximate surface area is 158 Å². The molecule has 2 aromatic rings. The molecule has 1 fully saturated rings. The molecule has 1 aliphatic heterocycles. The lowest BCUT2D eigenvalue weighted by Gasteiger charge is -2.26. The number of nitrogens with zero attached hydrogens (tertiary/aromatic N) is 1. The molecular formula is C19H22N2O5S. The van der Waals surface area contributed by atoms with Crippen LogP contribution in [-0.2, 0) is 19.6 Å². The van der Waals surface area contributed by atoms with Gasteiger partial charge in [0.1, 0.15) is 5.75 Å². The van der Waals surface area contributed by atoms with Crippen LogP contribution >= 0.6 is 0 Å². The lowest BCUT2D eigenvalue weighted by molar-refractivity contribution is -0.118. The standard InChI is InChI=1S/C19H22N2O5S/c1-15-5-2-3-8-18(15)26-14-19(22)20-16-6-4-7-17(13-16)27(23,24)21-9-11-25-12-10-21/h2-8,13H,9-12,14H2,1H3,(H,20,22). The van der Waals surface area contributed by atoms with Gasteiger partial charge in [0.15, 0.2) is 6.61 Å². The lowest BCUT2D eigenvalue weighted by atomic mass is 10.2. The van der Waals surface area contributed by atoms with Crippen LogP contribution in [0.5, 0.6) is 5.75 Å². The Morgan fingerprint density at radius 2 is 1.89 bits per heavy atom. The highest BCUT2D eigenvalue weighted by molar-refractivity contribution is 7.89. The van der Waals surface area contributed by atoms with Gasteiger partial charge in [-0.1, -0.05) is 24.3 Å². The number of morpholine rings is 1. The number of nitrogens with one attached hydrogen (secondary N) is 1. The Bertz CT molecular complexity index is 908. The highest BCUT2D eigenvalue weighted by Crippen LogP contribution is 2.21. The van der Waals surface area contributed by atoms with Crippen LogP contribution in [0.25, 0.3) is 0 Å². The van der Waals surface area contributed by atoms with E-state index < -0.39 is 10.0 Å². The summed E-state index contributed by atoms with van der Waals surface area (Å²) in [5.74, 6) is 0.274. The van der Waals surface area contributed by atoms with Gasteiger partial charge in [-0.15, -0.1) is 0 Å². The second-order valence-corrected chi connectivity index (χ2v) is 8.08. The van der Waals surface area contributed by atoms with Crippen LogP contribution in [0.4, 0.5) is 5.69 Å². The van der Waals surface area contributed by atoms with Crippen molar-refractivity contribution in [1.29, 1.82) is 0 Å². The predicted molar refractivity (Wildman–Crippen MR) is 101 cm³/mol. The topological polar surface area (TPSA) is 84.9 Å². The zero-order chi connectivity index (χ0) is 19.3. The van der Waals surface area contributed by atoms with Crippen molar-refractivity contribution >= 4 is 21.6 Å². The maximum Gasteiger partial charge on any atom is 0.262 e. The summed E-state index contributed by atoms with van der Waals surface area (Å²) in [5, 5.41) is 2.68. The first-order chi connectivity index (χ1) is 13.0. The quantitative estimate of drug-likeness (QED) is 0.816. The van der Waals surface area contributed by atoms with Gasteiger partial charge in [-0.3, -0.25) is 4.79 Å². The molecule has 1 saturated heterocycles. The van der Waals surface area contributed by atoms with Crippen LogP contribution < -0.4 is 10.1 Å². The van der Waals surface area contributed by atoms with Gasteiger partial charge in [0, 0.05) is 18.8 Å². The van der Waals surface area contributed by atoms with E-state index in [0.717, 1.165) is 5.56 Å². The average molecular weight is 390 g/mol.